The van der Waals surface area contributed by atoms with Gasteiger partial charge < -0.3 is 44.7 Å². The van der Waals surface area contributed by atoms with Gasteiger partial charge in [0.1, 0.15) is 24.2 Å². The van der Waals surface area contributed by atoms with Crippen LogP contribution in [0.25, 0.3) is 21.7 Å². The minimum atomic E-state index is -3.83. The monoisotopic (exact) mass is 1120 g/mol. The zero-order chi connectivity index (χ0) is 55.8. The van der Waals surface area contributed by atoms with Gasteiger partial charge >= 0.3 is 0 Å². The van der Waals surface area contributed by atoms with E-state index in [-0.39, 0.29) is 77.0 Å². The zero-order valence-electron chi connectivity index (χ0n) is 44.2. The number of amides is 3. The number of aliphatic imine (C=N–C) groups is 1. The van der Waals surface area contributed by atoms with Crippen LogP contribution < -0.4 is 31.1 Å². The number of carbonyl (C=O) groups excluding carboxylic acids is 3. The lowest BCUT2D eigenvalue weighted by Crippen LogP contribution is -2.48. The van der Waals surface area contributed by atoms with E-state index in [1.54, 1.807) is 42.7 Å². The third-order valence-electron chi connectivity index (χ3n) is 15.7. The summed E-state index contributed by atoms with van der Waals surface area (Å²) in [5, 5.41) is 24.5. The summed E-state index contributed by atoms with van der Waals surface area (Å²) < 4.78 is 69.4. The molecular formula is C55H59F2N11O9S2. The molecule has 6 atom stereocenters. The van der Waals surface area contributed by atoms with Gasteiger partial charge in [-0.2, -0.15) is 0 Å². The van der Waals surface area contributed by atoms with Crippen LogP contribution >= 0.6 is 11.3 Å². The fourth-order valence-electron chi connectivity index (χ4n) is 11.8. The largest absolute Gasteiger partial charge is 0.474 e. The molecular weight excluding hydrogens is 1060 g/mol. The molecule has 3 amide bonds. The number of nitrogens with zero attached hydrogens (tertiary/aromatic N) is 8. The number of amidine groups is 1. The number of likely N-dealkylation sites (tertiary alicyclic amines) is 2. The lowest BCUT2D eigenvalue weighted by atomic mass is 9.89. The number of ether oxygens (including phenoxy) is 1. The molecule has 0 radical (unpaired) electrons. The maximum Gasteiger partial charge on any atom is 0.260 e. The highest BCUT2D eigenvalue weighted by Crippen LogP contribution is 2.48. The van der Waals surface area contributed by atoms with Crippen molar-refractivity contribution in [3.8, 4) is 16.3 Å². The van der Waals surface area contributed by atoms with Crippen LogP contribution in [-0.2, 0) is 36.8 Å². The second-order valence-electron chi connectivity index (χ2n) is 21.5. The zero-order valence-corrected chi connectivity index (χ0v) is 45.9. The lowest BCUT2D eigenvalue weighted by Gasteiger charge is -2.32. The number of rotatable bonds is 15. The minimum Gasteiger partial charge on any atom is -0.474 e. The van der Waals surface area contributed by atoms with Crippen LogP contribution in [-0.4, -0.2) is 142 Å². The Balaban J connectivity index is 0.772. The molecule has 20 nitrogen and oxygen atoms in total. The van der Waals surface area contributed by atoms with E-state index in [0.717, 1.165) is 34.7 Å². The van der Waals surface area contributed by atoms with Crippen LogP contribution in [0.3, 0.4) is 0 Å². The maximum atomic E-state index is 15.5. The molecule has 4 N–H and O–H groups in total. The molecule has 0 saturated carbocycles. The van der Waals surface area contributed by atoms with Gasteiger partial charge in [-0.25, -0.2) is 32.2 Å². The Morgan fingerprint density at radius 3 is 2.58 bits per heavy atom. The molecule has 5 aliphatic heterocycles. The number of aryl methyl sites for hydroxylation is 2. The molecule has 79 heavy (non-hydrogen) atoms. The fourth-order valence-corrected chi connectivity index (χ4v) is 13.4. The molecule has 2 saturated heterocycles. The number of β-amino-alcohol motifs (C(OH)–C–C–N with tert-alkyl or cyclic N) is 1. The van der Waals surface area contributed by atoms with E-state index in [1.807, 2.05) is 45.0 Å². The number of sulfone groups is 1. The molecule has 9 heterocycles. The molecule has 1 aromatic carbocycles. The molecule has 4 aromatic heterocycles. The van der Waals surface area contributed by atoms with Crippen molar-refractivity contribution in [3.63, 3.8) is 0 Å². The summed E-state index contributed by atoms with van der Waals surface area (Å²) in [6.07, 6.45) is 5.24. The van der Waals surface area contributed by atoms with E-state index in [9.17, 15) is 37.1 Å². The highest BCUT2D eigenvalue weighted by Gasteiger charge is 2.49. The number of hydrogen-bond donors (Lipinski definition) is 4. The molecule has 2 fully saturated rings. The van der Waals surface area contributed by atoms with Gasteiger partial charge in [-0.3, -0.25) is 24.1 Å². The first-order valence-corrected chi connectivity index (χ1v) is 29.1. The van der Waals surface area contributed by atoms with Gasteiger partial charge in [0.25, 0.3) is 23.3 Å². The topological polar surface area (TPSA) is 247 Å². The smallest absolute Gasteiger partial charge is 0.260 e. The molecule has 11 rings (SSSR count). The Kier molecular flexibility index (Phi) is 14.0. The van der Waals surface area contributed by atoms with E-state index >= 15 is 4.39 Å². The van der Waals surface area contributed by atoms with Crippen LogP contribution in [0, 0.1) is 24.5 Å². The summed E-state index contributed by atoms with van der Waals surface area (Å²) in [6, 6.07) is 9.80. The summed E-state index contributed by atoms with van der Waals surface area (Å²) in [5.41, 5.74) is 4.44. The van der Waals surface area contributed by atoms with Crippen LogP contribution in [0.4, 0.5) is 14.6 Å². The summed E-state index contributed by atoms with van der Waals surface area (Å²) in [5.74, 6) is -4.22. The summed E-state index contributed by atoms with van der Waals surface area (Å²) in [7, 11) is -2.26. The van der Waals surface area contributed by atoms with Crippen molar-refractivity contribution in [2.24, 2.45) is 18.0 Å². The SMILES string of the molecule is Cc1ncsc1-c1ccc([C@@]2(C)N=C([C@@H]3C[C@@H](O)CN3C(=O)[C@H](c3cc(OCCN4CC[C@H](NC(=O)C5=C(CS(C)(=O)=O)c6ccn(C)c(=O)c6C6=C7C5=CN(c5ncc(F)cc5F)C7CCN6)C4)no3)C(C)C)NC2=O)cc1. The quantitative estimate of drug-likeness (QED) is 0.115. The Morgan fingerprint density at radius 1 is 1.08 bits per heavy atom. The number of aromatic nitrogens is 4. The molecule has 0 bridgehead atoms. The normalized spacial score (nSPS) is 23.3. The molecule has 414 valence electrons. The molecule has 5 aromatic rings. The van der Waals surface area contributed by atoms with Gasteiger partial charge in [0, 0.05) is 94.2 Å². The van der Waals surface area contributed by atoms with E-state index in [0.29, 0.717) is 67.3 Å². The first-order valence-electron chi connectivity index (χ1n) is 26.1. The number of halogens is 2. The van der Waals surface area contributed by atoms with E-state index in [1.165, 1.54) is 27.0 Å². The number of hydrogen-bond acceptors (Lipinski definition) is 17. The number of aliphatic hydroxyl groups is 1. The van der Waals surface area contributed by atoms with Crippen LogP contribution in [0.5, 0.6) is 5.88 Å². The van der Waals surface area contributed by atoms with Gasteiger partial charge in [0.15, 0.2) is 32.8 Å². The fraction of sp³-hybridized carbons (Fsp3) is 0.418. The van der Waals surface area contributed by atoms with Crippen LogP contribution in [0.15, 0.2) is 97.6 Å². The van der Waals surface area contributed by atoms with Gasteiger partial charge in [0.2, 0.25) is 5.91 Å². The molecule has 0 spiro atoms. The lowest BCUT2D eigenvalue weighted by molar-refractivity contribution is -0.134. The standard InChI is InChI=1S/C55H59F2N11O9S2/c1-28(2)43(53(72)68-24-34(69)20-40(68)49-62-54(73)55(4,63-49)31-9-7-30(8-10-31)48-29(3)60-27-78-48)41-21-42(64-77-41)76-18-17-66-16-12-33(23-66)61-51(70)44-36-25-67(50-38(57)19-32(56)22-59-50)39-11-14-58-47(45(36)39)46-35(13-15-65(5)52(46)71)37(44)26-79(6,74)75/h7-10,13,15,19,21-22,25,27-28,33-34,39-40,43,58,69H,11-12,14,16-18,20,23-24,26H2,1-6H3,(H,61,70)(H,62,63,73)/t33-,34+,39?,40-,43-,55+/m0/s1. The summed E-state index contributed by atoms with van der Waals surface area (Å²) in [4.78, 5) is 76.7. The second kappa shape index (κ2) is 20.7. The van der Waals surface area contributed by atoms with Gasteiger partial charge in [-0.15, -0.1) is 11.3 Å². The van der Waals surface area contributed by atoms with Crippen molar-refractivity contribution in [3.05, 3.63) is 133 Å². The number of aliphatic hydroxyl groups excluding tert-OH is 1. The average molecular weight is 1120 g/mol. The van der Waals surface area contributed by atoms with Crippen molar-refractivity contribution < 1.29 is 45.9 Å². The second-order valence-corrected chi connectivity index (χ2v) is 24.5. The van der Waals surface area contributed by atoms with Crippen molar-refractivity contribution in [1.82, 2.24) is 45.4 Å². The highest BCUT2D eigenvalue weighted by atomic mass is 32.2. The first-order chi connectivity index (χ1) is 37.7. The maximum absolute atomic E-state index is 15.5. The average Bonchev–Trinajstić information content (AvgIpc) is 4.42. The minimum absolute atomic E-state index is 0.0178. The van der Waals surface area contributed by atoms with Gasteiger partial charge in [-0.1, -0.05) is 38.1 Å². The van der Waals surface area contributed by atoms with Gasteiger partial charge in [0.05, 0.1) is 63.1 Å². The summed E-state index contributed by atoms with van der Waals surface area (Å²) >= 11 is 1.54. The molecule has 1 aliphatic carbocycles. The van der Waals surface area contributed by atoms with E-state index in [2.05, 4.69) is 36.0 Å². The number of fused-ring (bicyclic) bond motifs is 2. The van der Waals surface area contributed by atoms with Crippen molar-refractivity contribution in [1.29, 1.82) is 0 Å². The van der Waals surface area contributed by atoms with Gasteiger partial charge in [-0.05, 0) is 66.1 Å². The number of thiazole rings is 1. The Bertz CT molecular complexity index is 3630. The highest BCUT2D eigenvalue weighted by molar-refractivity contribution is 7.91. The molecule has 6 aliphatic rings. The van der Waals surface area contributed by atoms with Crippen molar-refractivity contribution in [2.45, 2.75) is 82.6 Å². The third-order valence-corrected chi connectivity index (χ3v) is 17.5. The first kappa shape index (κ1) is 53.6. The molecule has 24 heteroatoms. The van der Waals surface area contributed by atoms with Crippen LogP contribution in [0.1, 0.15) is 74.1 Å². The number of anilines is 1. The predicted octanol–water partition coefficient (Wildman–Crippen LogP) is 4.18. The third kappa shape index (κ3) is 9.96. The number of pyridine rings is 2. The van der Waals surface area contributed by atoms with Crippen molar-refractivity contribution in [2.75, 3.05) is 56.2 Å². The van der Waals surface area contributed by atoms with Crippen LogP contribution in [0.2, 0.25) is 0 Å². The predicted molar refractivity (Wildman–Crippen MR) is 290 cm³/mol. The molecule has 1 unspecified atom stereocenters. The number of carbonyl (C=O) groups is 3. The number of nitrogens with one attached hydrogen (secondary N) is 3. The van der Waals surface area contributed by atoms with Crippen molar-refractivity contribution >= 4 is 61.8 Å². The van der Waals surface area contributed by atoms with E-state index in [4.69, 9.17) is 14.3 Å². The Hall–Kier alpha value is -7.41. The Labute approximate surface area is 457 Å². The van der Waals surface area contributed by atoms with E-state index < -0.39 is 74.4 Å². The number of benzene rings is 1. The summed E-state index contributed by atoms with van der Waals surface area (Å²) in [6.45, 7) is 9.34. The Morgan fingerprint density at radius 2 is 1.86 bits per heavy atom.